The molecule has 0 fully saturated rings. The maximum absolute atomic E-state index is 9.27. The molecule has 102 valence electrons. The van der Waals surface area contributed by atoms with Crippen LogP contribution in [0, 0.1) is 6.92 Å². The van der Waals surface area contributed by atoms with Crippen molar-refractivity contribution in [1.82, 2.24) is 5.32 Å². The second-order valence-electron chi connectivity index (χ2n) is 4.12. The van der Waals surface area contributed by atoms with Gasteiger partial charge in [-0.1, -0.05) is 25.4 Å². The van der Waals surface area contributed by atoms with E-state index in [0.29, 0.717) is 5.03 Å². The number of hydrogen-bond donors (Lipinski definition) is 1. The largest absolute Gasteiger partial charge is 0.479 e. The van der Waals surface area contributed by atoms with Gasteiger partial charge in [0.1, 0.15) is 5.03 Å². The summed E-state index contributed by atoms with van der Waals surface area (Å²) in [5.41, 5.74) is 3.03. The van der Waals surface area contributed by atoms with Crippen molar-refractivity contribution in [1.29, 1.82) is 0 Å². The van der Waals surface area contributed by atoms with Crippen LogP contribution in [-0.4, -0.2) is 26.3 Å². The number of aryl methyl sites for hydroxylation is 1. The summed E-state index contributed by atoms with van der Waals surface area (Å²) in [6.45, 7) is 5.73. The lowest BCUT2D eigenvalue weighted by Crippen LogP contribution is -2.11. The molecule has 0 amide bonds. The molecule has 0 saturated heterocycles. The molecule has 1 N–H and O–H groups in total. The Kier molecular flexibility index (Phi) is 5.57. The Morgan fingerprint density at radius 2 is 2.11 bits per heavy atom. The number of nitrogens with one attached hydrogen (secondary N) is 1. The van der Waals surface area contributed by atoms with E-state index >= 15 is 0 Å². The van der Waals surface area contributed by atoms with Crippen LogP contribution < -0.4 is 10.2 Å². The number of amidine groups is 1. The monoisotopic (exact) mass is 276 g/mol. The Labute approximate surface area is 118 Å². The van der Waals surface area contributed by atoms with Crippen molar-refractivity contribution in [3.8, 4) is 0 Å². The Balaban J connectivity index is 2.75. The van der Waals surface area contributed by atoms with Gasteiger partial charge in [-0.05, 0) is 35.9 Å². The Bertz CT molecular complexity index is 508. The summed E-state index contributed by atoms with van der Waals surface area (Å²) in [6, 6.07) is 5.85. The number of hydrogen-bond acceptors (Lipinski definition) is 4. The Hall–Kier alpha value is -1.82. The Morgan fingerprint density at radius 3 is 2.63 bits per heavy atom. The van der Waals surface area contributed by atoms with E-state index in [1.54, 1.807) is 7.05 Å². The molecule has 1 rings (SSSR count). The fraction of sp³-hybridized carbons (Fsp3) is 0.308. The maximum Gasteiger partial charge on any atom is 0.116 e. The van der Waals surface area contributed by atoms with Gasteiger partial charge < -0.3 is 15.6 Å². The van der Waals surface area contributed by atoms with Gasteiger partial charge in [-0.15, -0.1) is 5.11 Å². The second-order valence-corrected chi connectivity index (χ2v) is 5.18. The lowest BCUT2D eigenvalue weighted by atomic mass is 10.1. The number of nitrogens with zero attached hydrogens (tertiary/aromatic N) is 4. The van der Waals surface area contributed by atoms with Crippen LogP contribution in [0.25, 0.3) is 5.41 Å². The summed E-state index contributed by atoms with van der Waals surface area (Å²) in [5, 5.41) is 20.4. The normalized spacial score (nSPS) is 10.5. The average Bonchev–Trinajstić information content (AvgIpc) is 2.35. The maximum atomic E-state index is 9.27. The molecular weight excluding hydrogens is 258 g/mol. The van der Waals surface area contributed by atoms with E-state index in [1.807, 2.05) is 44.1 Å². The van der Waals surface area contributed by atoms with Crippen molar-refractivity contribution in [2.75, 3.05) is 26.0 Å². The van der Waals surface area contributed by atoms with E-state index < -0.39 is 0 Å². The van der Waals surface area contributed by atoms with Crippen LogP contribution in [-0.2, 0) is 0 Å². The third-order valence-electron chi connectivity index (χ3n) is 2.37. The molecule has 19 heavy (non-hydrogen) atoms. The number of anilines is 1. The van der Waals surface area contributed by atoms with Gasteiger partial charge in [0.05, 0.1) is 5.69 Å². The molecule has 1 aromatic carbocycles. The van der Waals surface area contributed by atoms with Crippen LogP contribution in [0.4, 0.5) is 11.4 Å². The summed E-state index contributed by atoms with van der Waals surface area (Å²) in [5.74, 6) is 0. The zero-order valence-electron chi connectivity index (χ0n) is 11.6. The van der Waals surface area contributed by atoms with Gasteiger partial charge in [-0.3, -0.25) is 0 Å². The van der Waals surface area contributed by atoms with Gasteiger partial charge in [0.15, 0.2) is 0 Å². The van der Waals surface area contributed by atoms with Gasteiger partial charge >= 0.3 is 0 Å². The third kappa shape index (κ3) is 4.75. The van der Waals surface area contributed by atoms with Gasteiger partial charge in [0.25, 0.3) is 0 Å². The summed E-state index contributed by atoms with van der Waals surface area (Å²) in [6.07, 6.45) is 0. The van der Waals surface area contributed by atoms with Crippen LogP contribution >= 0.6 is 11.8 Å². The average molecular weight is 276 g/mol. The van der Waals surface area contributed by atoms with Crippen LogP contribution in [0.5, 0.6) is 0 Å². The summed E-state index contributed by atoms with van der Waals surface area (Å²) >= 11 is 1.03. The predicted molar refractivity (Wildman–Crippen MR) is 84.2 cm³/mol. The highest BCUT2D eigenvalue weighted by Gasteiger charge is 2.01. The number of benzene rings is 1. The molecule has 5 nitrogen and oxygen atoms in total. The van der Waals surface area contributed by atoms with Crippen molar-refractivity contribution < 1.29 is 0 Å². The standard InChI is InChI=1S/C13H18N5S/c1-9-8-11(6-7-12(9)18(4)5)17-16-10(2)19-13(14)15-3/h6-8H,2H2,1,3-5H3,(H-,14,15)/q-1. The molecule has 1 aromatic rings. The first-order valence-corrected chi connectivity index (χ1v) is 6.56. The molecule has 0 heterocycles. The highest BCUT2D eigenvalue weighted by Crippen LogP contribution is 2.25. The van der Waals surface area contributed by atoms with E-state index in [0.717, 1.165) is 28.7 Å². The number of rotatable bonds is 4. The minimum absolute atomic E-state index is 0.0445. The quantitative estimate of drug-likeness (QED) is 0.520. The molecule has 0 atom stereocenters. The van der Waals surface area contributed by atoms with Crippen molar-refractivity contribution in [3.63, 3.8) is 0 Å². The summed E-state index contributed by atoms with van der Waals surface area (Å²) in [7, 11) is 5.62. The first kappa shape index (κ1) is 15.2. The number of thioether (sulfide) groups is 1. The van der Waals surface area contributed by atoms with Crippen LogP contribution in [0.1, 0.15) is 5.56 Å². The molecule has 0 spiro atoms. The van der Waals surface area contributed by atoms with Crippen molar-refractivity contribution >= 4 is 28.3 Å². The first-order chi connectivity index (χ1) is 8.93. The van der Waals surface area contributed by atoms with Crippen LogP contribution in [0.3, 0.4) is 0 Å². The molecule has 0 radical (unpaired) electrons. The smallest absolute Gasteiger partial charge is 0.116 e. The lowest BCUT2D eigenvalue weighted by molar-refractivity contribution is 1.11. The van der Waals surface area contributed by atoms with Crippen LogP contribution in [0.2, 0.25) is 0 Å². The fourth-order valence-electron chi connectivity index (χ4n) is 1.50. The summed E-state index contributed by atoms with van der Waals surface area (Å²) < 4.78 is 0. The van der Waals surface area contributed by atoms with Gasteiger partial charge in [0, 0.05) is 19.8 Å². The van der Waals surface area contributed by atoms with Gasteiger partial charge in [0.2, 0.25) is 0 Å². The molecule has 0 aromatic heterocycles. The molecule has 0 unspecified atom stereocenters. The van der Waals surface area contributed by atoms with Gasteiger partial charge in [-0.25, -0.2) is 0 Å². The first-order valence-electron chi connectivity index (χ1n) is 5.74. The topological polar surface area (TPSA) is 62.3 Å². The molecule has 0 bridgehead atoms. The fourth-order valence-corrected chi connectivity index (χ4v) is 1.91. The third-order valence-corrected chi connectivity index (χ3v) is 3.08. The highest BCUT2D eigenvalue weighted by molar-refractivity contribution is 8.17. The van der Waals surface area contributed by atoms with Crippen molar-refractivity contribution in [2.24, 2.45) is 10.2 Å². The predicted octanol–water partition coefficient (Wildman–Crippen LogP) is 3.49. The molecule has 0 aliphatic heterocycles. The van der Waals surface area contributed by atoms with E-state index in [2.05, 4.69) is 22.1 Å². The minimum atomic E-state index is 0.0445. The minimum Gasteiger partial charge on any atom is -0.479 e. The lowest BCUT2D eigenvalue weighted by Gasteiger charge is -2.15. The van der Waals surface area contributed by atoms with Crippen LogP contribution in [0.15, 0.2) is 40.0 Å². The zero-order chi connectivity index (χ0) is 14.4. The molecule has 0 aliphatic carbocycles. The molecule has 0 aliphatic rings. The van der Waals surface area contributed by atoms with E-state index in [4.69, 9.17) is 0 Å². The second kappa shape index (κ2) is 6.94. The zero-order valence-corrected chi connectivity index (χ0v) is 12.5. The summed E-state index contributed by atoms with van der Waals surface area (Å²) in [4.78, 5) is 2.05. The Morgan fingerprint density at radius 1 is 1.42 bits per heavy atom. The highest BCUT2D eigenvalue weighted by atomic mass is 32.2. The number of azo groups is 1. The van der Waals surface area contributed by atoms with Crippen molar-refractivity contribution in [3.05, 3.63) is 40.8 Å². The molecular formula is C13H18N5S-. The molecule has 6 heteroatoms. The molecule has 0 saturated carbocycles. The van der Waals surface area contributed by atoms with E-state index in [9.17, 15) is 5.41 Å². The van der Waals surface area contributed by atoms with E-state index in [-0.39, 0.29) is 5.17 Å². The van der Waals surface area contributed by atoms with Gasteiger partial charge in [-0.2, -0.15) is 5.11 Å². The van der Waals surface area contributed by atoms with Crippen molar-refractivity contribution in [2.45, 2.75) is 6.92 Å². The van der Waals surface area contributed by atoms with E-state index in [1.165, 1.54) is 0 Å². The SMILES string of the molecule is C=C(N=Nc1ccc(N(C)C)c(C)c1)SC(=[N-])NC.